The molecule has 1 atom stereocenters. The number of nitrogens with zero attached hydrogens (tertiary/aromatic N) is 1. The van der Waals surface area contributed by atoms with E-state index in [1.807, 2.05) is 0 Å². The van der Waals surface area contributed by atoms with Gasteiger partial charge in [-0.15, -0.1) is 0 Å². The fourth-order valence-corrected chi connectivity index (χ4v) is 2.25. The molecule has 0 aliphatic carbocycles. The molecular weight excluding hydrogens is 210 g/mol. The summed E-state index contributed by atoms with van der Waals surface area (Å²) in [6.07, 6.45) is 2.65. The third-order valence-corrected chi connectivity index (χ3v) is 3.36. The highest BCUT2D eigenvalue weighted by Gasteiger charge is 2.12. The molecule has 0 bridgehead atoms. The normalized spacial score (nSPS) is 20.0. The summed E-state index contributed by atoms with van der Waals surface area (Å²) in [6, 6.07) is 8.59. The molecule has 1 aliphatic heterocycles. The van der Waals surface area contributed by atoms with Crippen LogP contribution in [0.15, 0.2) is 24.3 Å². The number of rotatable bonds is 4. The maximum absolute atomic E-state index is 3.54. The lowest BCUT2D eigenvalue weighted by Gasteiger charge is -2.23. The molecule has 1 saturated heterocycles. The Morgan fingerprint density at radius 3 is 3.00 bits per heavy atom. The van der Waals surface area contributed by atoms with E-state index in [4.69, 9.17) is 0 Å². The first kappa shape index (κ1) is 12.2. The van der Waals surface area contributed by atoms with Gasteiger partial charge in [0.15, 0.2) is 0 Å². The van der Waals surface area contributed by atoms with Crippen LogP contribution in [0.4, 0.5) is 11.4 Å². The molecular formula is C14H23N3. The molecule has 3 heteroatoms. The van der Waals surface area contributed by atoms with Gasteiger partial charge >= 0.3 is 0 Å². The van der Waals surface area contributed by atoms with Crippen molar-refractivity contribution in [2.45, 2.75) is 12.8 Å². The third kappa shape index (κ3) is 3.63. The lowest BCUT2D eigenvalue weighted by Crippen LogP contribution is -2.33. The molecule has 0 amide bonds. The molecule has 2 rings (SSSR count). The van der Waals surface area contributed by atoms with Crippen molar-refractivity contribution >= 4 is 11.4 Å². The van der Waals surface area contributed by atoms with Gasteiger partial charge in [0.1, 0.15) is 0 Å². The van der Waals surface area contributed by atoms with E-state index in [2.05, 4.69) is 53.9 Å². The van der Waals surface area contributed by atoms with Crippen LogP contribution >= 0.6 is 0 Å². The zero-order chi connectivity index (χ0) is 12.1. The summed E-state index contributed by atoms with van der Waals surface area (Å²) in [4.78, 5) is 2.13. The molecule has 0 aromatic heterocycles. The summed E-state index contributed by atoms with van der Waals surface area (Å²) < 4.78 is 0. The Balaban J connectivity index is 1.87. The van der Waals surface area contributed by atoms with E-state index < -0.39 is 0 Å². The minimum Gasteiger partial charge on any atom is -0.385 e. The van der Waals surface area contributed by atoms with Crippen LogP contribution in [0.25, 0.3) is 0 Å². The quantitative estimate of drug-likeness (QED) is 0.834. The van der Waals surface area contributed by atoms with Crippen molar-refractivity contribution < 1.29 is 0 Å². The van der Waals surface area contributed by atoms with Gasteiger partial charge in [-0.25, -0.2) is 0 Å². The highest BCUT2D eigenvalue weighted by Crippen LogP contribution is 2.18. The predicted molar refractivity (Wildman–Crippen MR) is 74.9 cm³/mol. The molecule has 3 nitrogen and oxygen atoms in total. The Morgan fingerprint density at radius 2 is 2.29 bits per heavy atom. The van der Waals surface area contributed by atoms with Crippen molar-refractivity contribution in [2.24, 2.45) is 5.92 Å². The highest BCUT2D eigenvalue weighted by atomic mass is 15.1. The molecule has 17 heavy (non-hydrogen) atoms. The highest BCUT2D eigenvalue weighted by molar-refractivity contribution is 5.57. The monoisotopic (exact) mass is 233 g/mol. The maximum atomic E-state index is 3.54. The SMILES string of the molecule is CN(C)c1cccc(NCC2CCCNC2)c1. The summed E-state index contributed by atoms with van der Waals surface area (Å²) in [5.74, 6) is 0.770. The molecule has 2 N–H and O–H groups in total. The van der Waals surface area contributed by atoms with E-state index in [-0.39, 0.29) is 0 Å². The number of benzene rings is 1. The minimum absolute atomic E-state index is 0.770. The fraction of sp³-hybridized carbons (Fsp3) is 0.571. The molecule has 1 aromatic carbocycles. The molecule has 1 aliphatic rings. The molecule has 0 saturated carbocycles. The summed E-state index contributed by atoms with van der Waals surface area (Å²) in [7, 11) is 4.15. The lowest BCUT2D eigenvalue weighted by atomic mass is 10.00. The van der Waals surface area contributed by atoms with E-state index in [0.29, 0.717) is 0 Å². The topological polar surface area (TPSA) is 27.3 Å². The zero-order valence-corrected chi connectivity index (χ0v) is 10.9. The Labute approximate surface area is 104 Å². The summed E-state index contributed by atoms with van der Waals surface area (Å²) in [5, 5.41) is 7.00. The second-order valence-electron chi connectivity index (χ2n) is 5.04. The van der Waals surface area contributed by atoms with E-state index in [1.54, 1.807) is 0 Å². The number of piperidine rings is 1. The smallest absolute Gasteiger partial charge is 0.0381 e. The van der Waals surface area contributed by atoms with Gasteiger partial charge < -0.3 is 15.5 Å². The first-order valence-electron chi connectivity index (χ1n) is 6.47. The second kappa shape index (κ2) is 5.92. The van der Waals surface area contributed by atoms with Crippen LogP contribution < -0.4 is 15.5 Å². The predicted octanol–water partition coefficient (Wildman–Crippen LogP) is 2.16. The summed E-state index contributed by atoms with van der Waals surface area (Å²) in [6.45, 7) is 3.41. The van der Waals surface area contributed by atoms with Gasteiger partial charge in [0.05, 0.1) is 0 Å². The molecule has 1 heterocycles. The van der Waals surface area contributed by atoms with Crippen LogP contribution in [0.1, 0.15) is 12.8 Å². The fourth-order valence-electron chi connectivity index (χ4n) is 2.25. The average molecular weight is 233 g/mol. The van der Waals surface area contributed by atoms with Gasteiger partial charge in [0, 0.05) is 32.0 Å². The van der Waals surface area contributed by atoms with Gasteiger partial charge in [-0.3, -0.25) is 0 Å². The number of hydrogen-bond donors (Lipinski definition) is 2. The standard InChI is InChI=1S/C14H23N3/c1-17(2)14-7-3-6-13(9-14)16-11-12-5-4-8-15-10-12/h3,6-7,9,12,15-16H,4-5,8,10-11H2,1-2H3. The van der Waals surface area contributed by atoms with Crippen molar-refractivity contribution in [2.75, 3.05) is 43.9 Å². The number of anilines is 2. The van der Waals surface area contributed by atoms with Gasteiger partial charge in [0.2, 0.25) is 0 Å². The van der Waals surface area contributed by atoms with Gasteiger partial charge in [-0.05, 0) is 50.0 Å². The minimum atomic E-state index is 0.770. The third-order valence-electron chi connectivity index (χ3n) is 3.36. The first-order valence-corrected chi connectivity index (χ1v) is 6.47. The van der Waals surface area contributed by atoms with E-state index >= 15 is 0 Å². The second-order valence-corrected chi connectivity index (χ2v) is 5.04. The van der Waals surface area contributed by atoms with Crippen LogP contribution in [0.5, 0.6) is 0 Å². The van der Waals surface area contributed by atoms with Crippen molar-refractivity contribution in [1.82, 2.24) is 5.32 Å². The van der Waals surface area contributed by atoms with Crippen LogP contribution in [-0.4, -0.2) is 33.7 Å². The van der Waals surface area contributed by atoms with Crippen molar-refractivity contribution in [3.63, 3.8) is 0 Å². The van der Waals surface area contributed by atoms with E-state index in [9.17, 15) is 0 Å². The summed E-state index contributed by atoms with van der Waals surface area (Å²) >= 11 is 0. The zero-order valence-electron chi connectivity index (χ0n) is 10.9. The van der Waals surface area contributed by atoms with Crippen molar-refractivity contribution in [3.05, 3.63) is 24.3 Å². The Morgan fingerprint density at radius 1 is 1.41 bits per heavy atom. The van der Waals surface area contributed by atoms with Crippen LogP contribution in [0, 0.1) is 5.92 Å². The first-order chi connectivity index (χ1) is 8.25. The van der Waals surface area contributed by atoms with Crippen LogP contribution in [0.3, 0.4) is 0 Å². The number of nitrogens with one attached hydrogen (secondary N) is 2. The molecule has 94 valence electrons. The summed E-state index contributed by atoms with van der Waals surface area (Å²) in [5.41, 5.74) is 2.47. The average Bonchev–Trinajstić information content (AvgIpc) is 2.38. The van der Waals surface area contributed by atoms with Gasteiger partial charge in [0.25, 0.3) is 0 Å². The van der Waals surface area contributed by atoms with E-state index in [0.717, 1.165) is 19.0 Å². The molecule has 0 spiro atoms. The number of hydrogen-bond acceptors (Lipinski definition) is 3. The van der Waals surface area contributed by atoms with E-state index in [1.165, 1.54) is 30.8 Å². The largest absolute Gasteiger partial charge is 0.385 e. The molecule has 1 fully saturated rings. The molecule has 1 aromatic rings. The Hall–Kier alpha value is -1.22. The maximum Gasteiger partial charge on any atom is 0.0381 e. The lowest BCUT2D eigenvalue weighted by molar-refractivity contribution is 0.393. The van der Waals surface area contributed by atoms with Gasteiger partial charge in [-0.2, -0.15) is 0 Å². The molecule has 0 radical (unpaired) electrons. The Kier molecular flexibility index (Phi) is 4.26. The van der Waals surface area contributed by atoms with Gasteiger partial charge in [-0.1, -0.05) is 6.07 Å². The molecule has 1 unspecified atom stereocenters. The van der Waals surface area contributed by atoms with Crippen molar-refractivity contribution in [3.8, 4) is 0 Å². The Bertz CT molecular complexity index is 343. The van der Waals surface area contributed by atoms with Crippen molar-refractivity contribution in [1.29, 1.82) is 0 Å². The van der Waals surface area contributed by atoms with Crippen LogP contribution in [-0.2, 0) is 0 Å². The van der Waals surface area contributed by atoms with Crippen LogP contribution in [0.2, 0.25) is 0 Å².